The van der Waals surface area contributed by atoms with Crippen molar-refractivity contribution in [1.82, 2.24) is 14.8 Å². The lowest BCUT2D eigenvalue weighted by Gasteiger charge is -2.20. The maximum Gasteiger partial charge on any atom is 0.255 e. The van der Waals surface area contributed by atoms with Crippen LogP contribution >= 0.6 is 11.6 Å². The van der Waals surface area contributed by atoms with Crippen LogP contribution < -0.4 is 14.8 Å². The average Bonchev–Trinajstić information content (AvgIpc) is 3.23. The van der Waals surface area contributed by atoms with E-state index in [4.69, 9.17) is 21.1 Å². The topological polar surface area (TPSA) is 78.3 Å². The Morgan fingerprint density at radius 1 is 1.36 bits per heavy atom. The minimum atomic E-state index is -0.281. The summed E-state index contributed by atoms with van der Waals surface area (Å²) in [4.78, 5) is 16.8. The number of amides is 1. The normalized spacial score (nSPS) is 12.6. The first-order valence-electron chi connectivity index (χ1n) is 8.71. The van der Waals surface area contributed by atoms with Crippen LogP contribution in [0.15, 0.2) is 54.6 Å². The van der Waals surface area contributed by atoms with Crippen molar-refractivity contribution in [3.63, 3.8) is 0 Å². The summed E-state index contributed by atoms with van der Waals surface area (Å²) in [6.07, 6.45) is 4.77. The number of ether oxygens (including phenoxy) is 2. The molecule has 0 radical (unpaired) electrons. The van der Waals surface area contributed by atoms with Crippen molar-refractivity contribution in [2.75, 3.05) is 18.5 Å². The highest BCUT2D eigenvalue weighted by Crippen LogP contribution is 2.36. The number of carbonyl (C=O) groups is 1. The molecule has 1 aromatic heterocycles. The summed E-state index contributed by atoms with van der Waals surface area (Å²) in [7, 11) is 0. The molecule has 1 N–H and O–H groups in total. The molecule has 0 spiro atoms. The Hall–Kier alpha value is -3.32. The highest BCUT2D eigenvalue weighted by Gasteiger charge is 2.21. The van der Waals surface area contributed by atoms with Gasteiger partial charge in [0.25, 0.3) is 5.91 Å². The number of nitrogens with one attached hydrogen (secondary N) is 1. The molecule has 3 aromatic rings. The summed E-state index contributed by atoms with van der Waals surface area (Å²) in [5.74, 6) is 1.03. The molecule has 1 aliphatic heterocycles. The molecule has 142 valence electrons. The van der Waals surface area contributed by atoms with Crippen LogP contribution in [0.5, 0.6) is 11.5 Å². The lowest BCUT2D eigenvalue weighted by Crippen LogP contribution is -2.22. The lowest BCUT2D eigenvalue weighted by atomic mass is 10.1. The van der Waals surface area contributed by atoms with E-state index in [1.54, 1.807) is 35.3 Å². The lowest BCUT2D eigenvalue weighted by molar-refractivity contribution is -0.113. The fourth-order valence-electron chi connectivity index (χ4n) is 2.92. The van der Waals surface area contributed by atoms with Crippen LogP contribution in [0.1, 0.15) is 12.5 Å². The van der Waals surface area contributed by atoms with E-state index >= 15 is 0 Å². The zero-order chi connectivity index (χ0) is 19.5. The van der Waals surface area contributed by atoms with E-state index in [2.05, 4.69) is 15.4 Å². The minimum absolute atomic E-state index is 0.141. The molecule has 0 unspecified atom stereocenters. The van der Waals surface area contributed by atoms with Crippen molar-refractivity contribution in [2.24, 2.45) is 0 Å². The predicted molar refractivity (Wildman–Crippen MR) is 106 cm³/mol. The van der Waals surface area contributed by atoms with Crippen LogP contribution in [0.25, 0.3) is 11.8 Å². The van der Waals surface area contributed by atoms with Crippen molar-refractivity contribution < 1.29 is 14.3 Å². The number of anilines is 1. The zero-order valence-corrected chi connectivity index (χ0v) is 15.8. The monoisotopic (exact) mass is 396 g/mol. The van der Waals surface area contributed by atoms with Crippen molar-refractivity contribution in [1.29, 1.82) is 0 Å². The quantitative estimate of drug-likeness (QED) is 0.710. The first kappa shape index (κ1) is 18.1. The van der Waals surface area contributed by atoms with Gasteiger partial charge < -0.3 is 14.8 Å². The van der Waals surface area contributed by atoms with Gasteiger partial charge >= 0.3 is 0 Å². The van der Waals surface area contributed by atoms with Crippen LogP contribution in [0, 0.1) is 0 Å². The van der Waals surface area contributed by atoms with Gasteiger partial charge in [-0.3, -0.25) is 4.79 Å². The van der Waals surface area contributed by atoms with Gasteiger partial charge in [-0.1, -0.05) is 23.7 Å². The fraction of sp³-hybridized carbons (Fsp3) is 0.150. The molecule has 28 heavy (non-hydrogen) atoms. The second kappa shape index (κ2) is 7.74. The van der Waals surface area contributed by atoms with Gasteiger partial charge in [0.15, 0.2) is 11.5 Å². The molecule has 1 aliphatic rings. The Kier molecular flexibility index (Phi) is 4.99. The van der Waals surface area contributed by atoms with Crippen molar-refractivity contribution >= 4 is 29.3 Å². The van der Waals surface area contributed by atoms with E-state index in [-0.39, 0.29) is 12.5 Å². The molecule has 1 amide bonds. The summed E-state index contributed by atoms with van der Waals surface area (Å²) in [5.41, 5.74) is 2.47. The van der Waals surface area contributed by atoms with E-state index in [9.17, 15) is 4.79 Å². The zero-order valence-electron chi connectivity index (χ0n) is 15.1. The third kappa shape index (κ3) is 3.57. The Morgan fingerprint density at radius 2 is 2.25 bits per heavy atom. The molecule has 2 aromatic carbocycles. The highest BCUT2D eigenvalue weighted by molar-refractivity contribution is 6.31. The van der Waals surface area contributed by atoms with Crippen molar-refractivity contribution in [2.45, 2.75) is 6.92 Å². The highest BCUT2D eigenvalue weighted by atomic mass is 35.5. The summed E-state index contributed by atoms with van der Waals surface area (Å²) in [6.45, 7) is 2.59. The average molecular weight is 397 g/mol. The van der Waals surface area contributed by atoms with Gasteiger partial charge in [-0.2, -0.15) is 5.10 Å². The second-order valence-corrected chi connectivity index (χ2v) is 6.46. The van der Waals surface area contributed by atoms with Crippen LogP contribution in [0.3, 0.4) is 0 Å². The van der Waals surface area contributed by atoms with E-state index in [1.165, 1.54) is 6.33 Å². The van der Waals surface area contributed by atoms with Crippen LogP contribution in [-0.2, 0) is 4.79 Å². The first-order chi connectivity index (χ1) is 13.7. The van der Waals surface area contributed by atoms with E-state index in [0.29, 0.717) is 40.1 Å². The molecular formula is C20H17ClN4O3. The van der Waals surface area contributed by atoms with E-state index < -0.39 is 0 Å². The standard InChI is InChI=1S/C20H17ClN4O3/c1-2-27-18-5-3-4-13-8-14(10-28-19(13)18)20(26)24-16-9-15(21)6-7-17(16)25-12-22-11-23-25/h3-9,11-12H,2,10H2,1H3,(H,24,26). The van der Waals surface area contributed by atoms with Crippen LogP contribution in [0.4, 0.5) is 5.69 Å². The molecule has 4 rings (SSSR count). The predicted octanol–water partition coefficient (Wildman–Crippen LogP) is 3.73. The second-order valence-electron chi connectivity index (χ2n) is 6.02. The van der Waals surface area contributed by atoms with Crippen molar-refractivity contribution in [3.8, 4) is 17.2 Å². The van der Waals surface area contributed by atoms with E-state index in [0.717, 1.165) is 5.56 Å². The van der Waals surface area contributed by atoms with Gasteiger partial charge in [-0.15, -0.1) is 0 Å². The number of nitrogens with zero attached hydrogens (tertiary/aromatic N) is 3. The largest absolute Gasteiger partial charge is 0.490 e. The number of halogens is 1. The van der Waals surface area contributed by atoms with Crippen LogP contribution in [0.2, 0.25) is 5.02 Å². The molecule has 0 fully saturated rings. The summed E-state index contributed by atoms with van der Waals surface area (Å²) < 4.78 is 12.9. The third-order valence-corrected chi connectivity index (χ3v) is 4.41. The molecule has 0 aliphatic carbocycles. The maximum atomic E-state index is 12.8. The summed E-state index contributed by atoms with van der Waals surface area (Å²) in [6, 6.07) is 10.7. The van der Waals surface area contributed by atoms with Gasteiger partial charge in [0.2, 0.25) is 0 Å². The van der Waals surface area contributed by atoms with Gasteiger partial charge in [0.05, 0.1) is 23.6 Å². The van der Waals surface area contributed by atoms with E-state index in [1.807, 2.05) is 25.1 Å². The molecule has 0 saturated heterocycles. The number of aromatic nitrogens is 3. The Labute approximate surface area is 166 Å². The van der Waals surface area contributed by atoms with Crippen LogP contribution in [-0.4, -0.2) is 33.9 Å². The number of para-hydroxylation sites is 1. The summed E-state index contributed by atoms with van der Waals surface area (Å²) >= 11 is 6.11. The number of benzene rings is 2. The minimum Gasteiger partial charge on any atom is -0.490 e. The molecule has 7 nitrogen and oxygen atoms in total. The number of fused-ring (bicyclic) bond motifs is 1. The van der Waals surface area contributed by atoms with Gasteiger partial charge in [-0.05, 0) is 37.3 Å². The number of hydrogen-bond donors (Lipinski definition) is 1. The molecule has 2 heterocycles. The van der Waals surface area contributed by atoms with Gasteiger partial charge in [0.1, 0.15) is 19.3 Å². The number of carbonyl (C=O) groups excluding carboxylic acids is 1. The van der Waals surface area contributed by atoms with Crippen molar-refractivity contribution in [3.05, 3.63) is 65.2 Å². The summed E-state index contributed by atoms with van der Waals surface area (Å²) in [5, 5.41) is 7.50. The maximum absolute atomic E-state index is 12.8. The smallest absolute Gasteiger partial charge is 0.255 e. The Morgan fingerprint density at radius 3 is 3.04 bits per heavy atom. The first-order valence-corrected chi connectivity index (χ1v) is 9.08. The Balaban J connectivity index is 1.62. The number of hydrogen-bond acceptors (Lipinski definition) is 5. The fourth-order valence-corrected chi connectivity index (χ4v) is 3.10. The Bertz CT molecular complexity index is 1050. The molecule has 0 bridgehead atoms. The SMILES string of the molecule is CCOc1cccc2c1OCC(C(=O)Nc1cc(Cl)ccc1-n1cncn1)=C2. The van der Waals surface area contributed by atoms with Gasteiger partial charge in [0, 0.05) is 10.6 Å². The molecular weight excluding hydrogens is 380 g/mol. The number of rotatable bonds is 5. The third-order valence-electron chi connectivity index (χ3n) is 4.17. The molecule has 8 heteroatoms. The molecule has 0 saturated carbocycles. The van der Waals surface area contributed by atoms with Gasteiger partial charge in [-0.25, -0.2) is 9.67 Å². The molecule has 0 atom stereocenters.